The van der Waals surface area contributed by atoms with E-state index < -0.39 is 11.6 Å². The molecule has 1 N–H and O–H groups in total. The van der Waals surface area contributed by atoms with Gasteiger partial charge in [0, 0.05) is 43.6 Å². The highest BCUT2D eigenvalue weighted by molar-refractivity contribution is 7.99. The fourth-order valence-corrected chi connectivity index (χ4v) is 3.27. The van der Waals surface area contributed by atoms with Crippen LogP contribution in [0.2, 0.25) is 0 Å². The van der Waals surface area contributed by atoms with Gasteiger partial charge >= 0.3 is 0 Å². The minimum Gasteiger partial charge on any atom is -0.339 e. The van der Waals surface area contributed by atoms with Crippen molar-refractivity contribution in [2.75, 3.05) is 24.6 Å². The molecule has 0 aliphatic carbocycles. The quantitative estimate of drug-likeness (QED) is 0.906. The van der Waals surface area contributed by atoms with Gasteiger partial charge in [0.15, 0.2) is 11.6 Å². The Morgan fingerprint density at radius 1 is 1.43 bits per heavy atom. The summed E-state index contributed by atoms with van der Waals surface area (Å²) in [6.07, 6.45) is 0.449. The topological polar surface area (TPSA) is 32.3 Å². The first-order chi connectivity index (χ1) is 10.1. The van der Waals surface area contributed by atoms with Crippen molar-refractivity contribution in [1.82, 2.24) is 10.2 Å². The predicted octanol–water partition coefficient (Wildman–Crippen LogP) is 2.41. The van der Waals surface area contributed by atoms with E-state index in [4.69, 9.17) is 0 Å². The standard InChI is InChI=1S/C15H20F2N2OS/c1-2-19(9-11-3-4-13(16)14(17)7-11)15(20)8-12-10-21-6-5-18-12/h3-4,7,12,18H,2,5-6,8-10H2,1H3. The molecule has 2 rings (SSSR count). The summed E-state index contributed by atoms with van der Waals surface area (Å²) in [5.41, 5.74) is 0.607. The van der Waals surface area contributed by atoms with E-state index in [0.29, 0.717) is 25.1 Å². The molecular weight excluding hydrogens is 294 g/mol. The summed E-state index contributed by atoms with van der Waals surface area (Å²) in [4.78, 5) is 14.0. The number of nitrogens with zero attached hydrogens (tertiary/aromatic N) is 1. The first-order valence-electron chi connectivity index (χ1n) is 7.13. The van der Waals surface area contributed by atoms with Crippen LogP contribution in [0.1, 0.15) is 18.9 Å². The number of hydrogen-bond acceptors (Lipinski definition) is 3. The van der Waals surface area contributed by atoms with E-state index in [1.165, 1.54) is 6.07 Å². The lowest BCUT2D eigenvalue weighted by Crippen LogP contribution is -2.42. The van der Waals surface area contributed by atoms with E-state index in [1.807, 2.05) is 18.7 Å². The molecule has 1 fully saturated rings. The molecule has 1 heterocycles. The number of carbonyl (C=O) groups excluding carboxylic acids is 1. The molecule has 3 nitrogen and oxygen atoms in total. The summed E-state index contributed by atoms with van der Waals surface area (Å²) in [6, 6.07) is 3.97. The molecule has 0 radical (unpaired) electrons. The van der Waals surface area contributed by atoms with Gasteiger partial charge in [-0.25, -0.2) is 8.78 Å². The third kappa shape index (κ3) is 4.68. The molecule has 0 aromatic heterocycles. The number of carbonyl (C=O) groups is 1. The van der Waals surface area contributed by atoms with Crippen molar-refractivity contribution in [2.45, 2.75) is 25.9 Å². The minimum absolute atomic E-state index is 0.0437. The largest absolute Gasteiger partial charge is 0.339 e. The summed E-state index contributed by atoms with van der Waals surface area (Å²) in [5.74, 6) is 0.325. The number of rotatable bonds is 5. The van der Waals surface area contributed by atoms with Crippen molar-refractivity contribution in [3.63, 3.8) is 0 Å². The molecule has 1 aromatic rings. The Kier molecular flexibility index (Phi) is 5.99. The lowest BCUT2D eigenvalue weighted by molar-refractivity contribution is -0.132. The maximum atomic E-state index is 13.2. The van der Waals surface area contributed by atoms with Crippen LogP contribution >= 0.6 is 11.8 Å². The molecular formula is C15H20F2N2OS. The van der Waals surface area contributed by atoms with Crippen LogP contribution in [0.5, 0.6) is 0 Å². The molecule has 0 saturated carbocycles. The average Bonchev–Trinajstić information content (AvgIpc) is 2.49. The zero-order valence-corrected chi connectivity index (χ0v) is 12.9. The van der Waals surface area contributed by atoms with Gasteiger partial charge in [-0.3, -0.25) is 4.79 Å². The van der Waals surface area contributed by atoms with Crippen LogP contribution in [-0.2, 0) is 11.3 Å². The number of hydrogen-bond donors (Lipinski definition) is 1. The highest BCUT2D eigenvalue weighted by atomic mass is 32.2. The van der Waals surface area contributed by atoms with Crippen molar-refractivity contribution in [2.24, 2.45) is 0 Å². The number of halogens is 2. The van der Waals surface area contributed by atoms with Crippen molar-refractivity contribution in [3.05, 3.63) is 35.4 Å². The second-order valence-electron chi connectivity index (χ2n) is 5.09. The first-order valence-corrected chi connectivity index (χ1v) is 8.28. The maximum Gasteiger partial charge on any atom is 0.224 e. The molecule has 0 bridgehead atoms. The van der Waals surface area contributed by atoms with Crippen LogP contribution in [0.15, 0.2) is 18.2 Å². The van der Waals surface area contributed by atoms with Gasteiger partial charge in [0.2, 0.25) is 5.91 Å². The molecule has 1 saturated heterocycles. The van der Waals surface area contributed by atoms with E-state index in [0.717, 1.165) is 30.2 Å². The van der Waals surface area contributed by atoms with Crippen LogP contribution in [-0.4, -0.2) is 41.4 Å². The molecule has 1 aromatic carbocycles. The fraction of sp³-hybridized carbons (Fsp3) is 0.533. The minimum atomic E-state index is -0.874. The zero-order chi connectivity index (χ0) is 15.2. The Bertz CT molecular complexity index is 493. The summed E-state index contributed by atoms with van der Waals surface area (Å²) in [5, 5.41) is 3.33. The van der Waals surface area contributed by atoms with Crippen LogP contribution in [0, 0.1) is 11.6 Å². The van der Waals surface area contributed by atoms with Gasteiger partial charge in [-0.1, -0.05) is 6.07 Å². The molecule has 116 valence electrons. The lowest BCUT2D eigenvalue weighted by Gasteiger charge is -2.27. The van der Waals surface area contributed by atoms with Crippen LogP contribution < -0.4 is 5.32 Å². The van der Waals surface area contributed by atoms with Gasteiger partial charge in [0.05, 0.1) is 0 Å². The number of benzene rings is 1. The molecule has 1 aliphatic rings. The Morgan fingerprint density at radius 3 is 2.86 bits per heavy atom. The highest BCUT2D eigenvalue weighted by Gasteiger charge is 2.20. The van der Waals surface area contributed by atoms with Crippen LogP contribution in [0.25, 0.3) is 0 Å². The second kappa shape index (κ2) is 7.75. The van der Waals surface area contributed by atoms with Gasteiger partial charge in [0.1, 0.15) is 0 Å². The molecule has 1 amide bonds. The van der Waals surface area contributed by atoms with E-state index in [9.17, 15) is 13.6 Å². The molecule has 1 unspecified atom stereocenters. The fourth-order valence-electron chi connectivity index (χ4n) is 2.33. The Balaban J connectivity index is 1.94. The van der Waals surface area contributed by atoms with Crippen LogP contribution in [0.4, 0.5) is 8.78 Å². The van der Waals surface area contributed by atoms with Gasteiger partial charge in [-0.15, -0.1) is 0 Å². The second-order valence-corrected chi connectivity index (χ2v) is 6.24. The maximum absolute atomic E-state index is 13.2. The smallest absolute Gasteiger partial charge is 0.224 e. The van der Waals surface area contributed by atoms with E-state index in [1.54, 1.807) is 4.90 Å². The third-order valence-electron chi connectivity index (χ3n) is 3.51. The molecule has 1 aliphatic heterocycles. The molecule has 1 atom stereocenters. The Labute approximate surface area is 128 Å². The van der Waals surface area contributed by atoms with Gasteiger partial charge in [-0.2, -0.15) is 11.8 Å². The van der Waals surface area contributed by atoms with Gasteiger partial charge < -0.3 is 10.2 Å². The predicted molar refractivity (Wildman–Crippen MR) is 81.2 cm³/mol. The summed E-state index contributed by atoms with van der Waals surface area (Å²) in [7, 11) is 0. The third-order valence-corrected chi connectivity index (χ3v) is 4.64. The number of nitrogens with one attached hydrogen (secondary N) is 1. The Morgan fingerprint density at radius 2 is 2.24 bits per heavy atom. The SMILES string of the molecule is CCN(Cc1ccc(F)c(F)c1)C(=O)CC1CSCCN1. The van der Waals surface area contributed by atoms with Gasteiger partial charge in [0.25, 0.3) is 0 Å². The highest BCUT2D eigenvalue weighted by Crippen LogP contribution is 2.14. The summed E-state index contributed by atoms with van der Waals surface area (Å²) in [6.45, 7) is 3.68. The van der Waals surface area contributed by atoms with Crippen molar-refractivity contribution < 1.29 is 13.6 Å². The van der Waals surface area contributed by atoms with Crippen LogP contribution in [0.3, 0.4) is 0 Å². The normalized spacial score (nSPS) is 18.5. The van der Waals surface area contributed by atoms with E-state index in [2.05, 4.69) is 5.32 Å². The van der Waals surface area contributed by atoms with Crippen molar-refractivity contribution in [1.29, 1.82) is 0 Å². The molecule has 21 heavy (non-hydrogen) atoms. The summed E-state index contributed by atoms with van der Waals surface area (Å²) >= 11 is 1.85. The lowest BCUT2D eigenvalue weighted by atomic mass is 10.1. The summed E-state index contributed by atoms with van der Waals surface area (Å²) < 4.78 is 26.1. The van der Waals surface area contributed by atoms with Crippen molar-refractivity contribution >= 4 is 17.7 Å². The molecule has 0 spiro atoms. The average molecular weight is 314 g/mol. The zero-order valence-electron chi connectivity index (χ0n) is 12.1. The van der Waals surface area contributed by atoms with E-state index in [-0.39, 0.29) is 11.9 Å². The number of amides is 1. The Hall–Kier alpha value is -1.14. The van der Waals surface area contributed by atoms with Gasteiger partial charge in [-0.05, 0) is 24.6 Å². The monoisotopic (exact) mass is 314 g/mol. The van der Waals surface area contributed by atoms with E-state index >= 15 is 0 Å². The van der Waals surface area contributed by atoms with Crippen molar-refractivity contribution in [3.8, 4) is 0 Å². The molecule has 6 heteroatoms. The first kappa shape index (κ1) is 16.2. The number of thioether (sulfide) groups is 1.